The van der Waals surface area contributed by atoms with Crippen molar-refractivity contribution in [2.24, 2.45) is 0 Å². The predicted octanol–water partition coefficient (Wildman–Crippen LogP) is 1.39. The molecule has 1 N–H and O–H groups in total. The summed E-state index contributed by atoms with van der Waals surface area (Å²) in [6, 6.07) is 13.5. The topological polar surface area (TPSA) is 81.2 Å². The normalized spacial score (nSPS) is 10.7. The molecule has 116 valence electrons. The van der Waals surface area contributed by atoms with Crippen LogP contribution in [0.5, 0.6) is 0 Å². The highest BCUT2D eigenvalue weighted by Crippen LogP contribution is 2.14. The van der Waals surface area contributed by atoms with Crippen LogP contribution in [0.2, 0.25) is 0 Å². The first-order chi connectivity index (χ1) is 11.1. The maximum Gasteiger partial charge on any atom is 0.310 e. The summed E-state index contributed by atoms with van der Waals surface area (Å²) in [5.41, 5.74) is 0.323. The van der Waals surface area contributed by atoms with Crippen molar-refractivity contribution in [1.29, 1.82) is 0 Å². The molecule has 3 rings (SSSR count). The lowest BCUT2D eigenvalue weighted by molar-refractivity contribution is -0.139. The molecule has 0 aliphatic carbocycles. The van der Waals surface area contributed by atoms with E-state index in [-0.39, 0.29) is 17.5 Å². The van der Waals surface area contributed by atoms with Gasteiger partial charge in [-0.15, -0.1) is 0 Å². The molecule has 0 aliphatic rings. The van der Waals surface area contributed by atoms with Gasteiger partial charge in [-0.1, -0.05) is 30.3 Å². The molecule has 2 aromatic carbocycles. The van der Waals surface area contributed by atoms with Gasteiger partial charge in [0, 0.05) is 0 Å². The molecule has 0 aliphatic heterocycles. The van der Waals surface area contributed by atoms with E-state index in [0.29, 0.717) is 22.0 Å². The minimum atomic E-state index is -0.423. The predicted molar refractivity (Wildman–Crippen MR) is 85.9 cm³/mol. The summed E-state index contributed by atoms with van der Waals surface area (Å²) in [6.07, 6.45) is 0.00791. The van der Waals surface area contributed by atoms with Crippen molar-refractivity contribution in [3.05, 3.63) is 74.8 Å². The highest BCUT2D eigenvalue weighted by Gasteiger charge is 2.13. The molecule has 0 spiro atoms. The number of methoxy groups -OCH3 is 1. The molecule has 0 radical (unpaired) electrons. The number of aromatic nitrogens is 2. The second kappa shape index (κ2) is 5.92. The Hall–Kier alpha value is -3.15. The number of rotatable bonds is 3. The Morgan fingerprint density at radius 1 is 1.04 bits per heavy atom. The number of ether oxygens (including phenoxy) is 1. The minimum Gasteiger partial charge on any atom is -0.469 e. The van der Waals surface area contributed by atoms with Crippen LogP contribution in [0, 0.1) is 0 Å². The van der Waals surface area contributed by atoms with Crippen molar-refractivity contribution >= 4 is 16.7 Å². The third-order valence-electron chi connectivity index (χ3n) is 3.61. The maximum absolute atomic E-state index is 12.7. The number of para-hydroxylation sites is 1. The third kappa shape index (κ3) is 2.66. The molecular formula is C17H14N2O4. The van der Waals surface area contributed by atoms with Crippen LogP contribution in [-0.4, -0.2) is 22.9 Å². The van der Waals surface area contributed by atoms with Crippen molar-refractivity contribution in [3.63, 3.8) is 0 Å². The minimum absolute atomic E-state index is 0.00791. The van der Waals surface area contributed by atoms with Crippen molar-refractivity contribution < 1.29 is 9.53 Å². The molecule has 23 heavy (non-hydrogen) atoms. The van der Waals surface area contributed by atoms with Gasteiger partial charge in [-0.3, -0.25) is 19.5 Å². The number of hydrogen-bond acceptors (Lipinski definition) is 4. The van der Waals surface area contributed by atoms with E-state index in [1.54, 1.807) is 48.5 Å². The summed E-state index contributed by atoms with van der Waals surface area (Å²) >= 11 is 0. The summed E-state index contributed by atoms with van der Waals surface area (Å²) in [5, 5.41) is 3.22. The Morgan fingerprint density at radius 2 is 1.70 bits per heavy atom. The van der Waals surface area contributed by atoms with Crippen molar-refractivity contribution in [3.8, 4) is 5.69 Å². The maximum atomic E-state index is 12.7. The fourth-order valence-electron chi connectivity index (χ4n) is 2.48. The van der Waals surface area contributed by atoms with Gasteiger partial charge in [-0.25, -0.2) is 4.68 Å². The molecule has 6 heteroatoms. The van der Waals surface area contributed by atoms with E-state index in [2.05, 4.69) is 9.84 Å². The number of esters is 1. The molecular weight excluding hydrogens is 296 g/mol. The number of carbonyl (C=O) groups is 1. The number of H-pyrrole nitrogens is 1. The standard InChI is InChI=1S/C17H14N2O4/c1-23-15(20)10-11-6-2-5-9-14(11)19-17(22)13-8-4-3-7-12(13)16(21)18-19/h2-9H,10H2,1H3,(H,18,21). The van der Waals surface area contributed by atoms with E-state index >= 15 is 0 Å². The Kier molecular flexibility index (Phi) is 3.80. The van der Waals surface area contributed by atoms with Gasteiger partial charge in [0.25, 0.3) is 11.1 Å². The van der Waals surface area contributed by atoms with E-state index in [9.17, 15) is 14.4 Å². The van der Waals surface area contributed by atoms with Crippen LogP contribution in [0.1, 0.15) is 5.56 Å². The fraction of sp³-hybridized carbons (Fsp3) is 0.118. The average molecular weight is 310 g/mol. The monoisotopic (exact) mass is 310 g/mol. The Bertz CT molecular complexity index is 1000. The Morgan fingerprint density at radius 3 is 2.43 bits per heavy atom. The number of fused-ring (bicyclic) bond motifs is 1. The Labute approximate surface area is 130 Å². The second-order valence-corrected chi connectivity index (χ2v) is 5.01. The van der Waals surface area contributed by atoms with Crippen molar-refractivity contribution in [1.82, 2.24) is 9.78 Å². The van der Waals surface area contributed by atoms with Gasteiger partial charge in [0.15, 0.2) is 0 Å². The molecule has 0 unspecified atom stereocenters. The highest BCUT2D eigenvalue weighted by molar-refractivity contribution is 5.80. The summed E-state index contributed by atoms with van der Waals surface area (Å²) < 4.78 is 5.84. The van der Waals surface area contributed by atoms with Crippen LogP contribution in [0.3, 0.4) is 0 Å². The van der Waals surface area contributed by atoms with E-state index in [4.69, 9.17) is 0 Å². The van der Waals surface area contributed by atoms with Gasteiger partial charge >= 0.3 is 5.97 Å². The van der Waals surface area contributed by atoms with Crippen molar-refractivity contribution in [2.45, 2.75) is 6.42 Å². The van der Waals surface area contributed by atoms with Crippen LogP contribution in [0.4, 0.5) is 0 Å². The van der Waals surface area contributed by atoms with E-state index in [1.165, 1.54) is 11.8 Å². The molecule has 0 atom stereocenters. The smallest absolute Gasteiger partial charge is 0.310 e. The van der Waals surface area contributed by atoms with E-state index in [0.717, 1.165) is 0 Å². The van der Waals surface area contributed by atoms with Gasteiger partial charge in [0.1, 0.15) is 0 Å². The van der Waals surface area contributed by atoms with Crippen LogP contribution in [0.15, 0.2) is 58.1 Å². The number of hydrogen-bond donors (Lipinski definition) is 1. The summed E-state index contributed by atoms with van der Waals surface area (Å²) in [7, 11) is 1.30. The average Bonchev–Trinajstić information content (AvgIpc) is 2.58. The lowest BCUT2D eigenvalue weighted by atomic mass is 10.1. The first kappa shape index (κ1) is 14.8. The molecule has 0 bridgehead atoms. The fourth-order valence-corrected chi connectivity index (χ4v) is 2.48. The summed E-state index contributed by atoms with van der Waals surface area (Å²) in [4.78, 5) is 36.4. The highest BCUT2D eigenvalue weighted by atomic mass is 16.5. The number of aromatic amines is 1. The molecule has 0 saturated carbocycles. The molecule has 0 fully saturated rings. The van der Waals surface area contributed by atoms with Crippen LogP contribution >= 0.6 is 0 Å². The lowest BCUT2D eigenvalue weighted by Crippen LogP contribution is -2.29. The number of benzene rings is 2. The molecule has 0 saturated heterocycles. The zero-order chi connectivity index (χ0) is 16.4. The first-order valence-corrected chi connectivity index (χ1v) is 7.01. The summed E-state index contributed by atoms with van der Waals surface area (Å²) in [5.74, 6) is -0.423. The number of nitrogens with one attached hydrogen (secondary N) is 1. The summed E-state index contributed by atoms with van der Waals surface area (Å²) in [6.45, 7) is 0. The number of carbonyl (C=O) groups excluding carboxylic acids is 1. The van der Waals surface area contributed by atoms with Gasteiger partial charge in [0.05, 0.1) is 30.0 Å². The largest absolute Gasteiger partial charge is 0.469 e. The zero-order valence-electron chi connectivity index (χ0n) is 12.4. The quantitative estimate of drug-likeness (QED) is 0.741. The molecule has 6 nitrogen and oxygen atoms in total. The second-order valence-electron chi connectivity index (χ2n) is 5.01. The zero-order valence-corrected chi connectivity index (χ0v) is 12.4. The van der Waals surface area contributed by atoms with E-state index in [1.807, 2.05) is 0 Å². The SMILES string of the molecule is COC(=O)Cc1ccccc1-n1[nH]c(=O)c2ccccc2c1=O. The van der Waals surface area contributed by atoms with Gasteiger partial charge in [-0.2, -0.15) is 0 Å². The first-order valence-electron chi connectivity index (χ1n) is 7.01. The van der Waals surface area contributed by atoms with Crippen molar-refractivity contribution in [2.75, 3.05) is 7.11 Å². The number of nitrogens with zero attached hydrogens (tertiary/aromatic N) is 1. The molecule has 1 aromatic heterocycles. The van der Waals surface area contributed by atoms with Gasteiger partial charge in [-0.05, 0) is 23.8 Å². The van der Waals surface area contributed by atoms with Gasteiger partial charge in [0.2, 0.25) is 0 Å². The van der Waals surface area contributed by atoms with Crippen LogP contribution in [-0.2, 0) is 16.0 Å². The third-order valence-corrected chi connectivity index (χ3v) is 3.61. The molecule has 1 heterocycles. The van der Waals surface area contributed by atoms with Gasteiger partial charge < -0.3 is 4.74 Å². The molecule has 3 aromatic rings. The lowest BCUT2D eigenvalue weighted by Gasteiger charge is -2.11. The van der Waals surface area contributed by atoms with Crippen LogP contribution < -0.4 is 11.1 Å². The molecule has 0 amide bonds. The Balaban J connectivity index is 2.26. The van der Waals surface area contributed by atoms with E-state index < -0.39 is 5.97 Å². The van der Waals surface area contributed by atoms with Crippen LogP contribution in [0.25, 0.3) is 16.5 Å².